The Morgan fingerprint density at radius 3 is 2.18 bits per heavy atom. The fraction of sp³-hybridized carbons (Fsp3) is 0.0455. The van der Waals surface area contributed by atoms with Gasteiger partial charge in [0.1, 0.15) is 5.82 Å². The van der Waals surface area contributed by atoms with Crippen LogP contribution < -0.4 is 10.6 Å². The van der Waals surface area contributed by atoms with E-state index in [1.807, 2.05) is 6.07 Å². The van der Waals surface area contributed by atoms with E-state index in [4.69, 9.17) is 5.26 Å². The topological polar surface area (TPSA) is 82.0 Å². The van der Waals surface area contributed by atoms with Crippen molar-refractivity contribution in [2.24, 2.45) is 0 Å². The number of halogens is 1. The standard InChI is InChI=1S/C22H16FN3O2/c23-19-10-4-15(5-11-19)14-25-21(27)17-6-8-18(9-7-17)22(28)26-20-3-1-2-16(12-20)13-24/h1-12H,14H2,(H,25,27)(H,26,28). The van der Waals surface area contributed by atoms with Gasteiger partial charge in [-0.2, -0.15) is 5.26 Å². The molecular formula is C22H16FN3O2. The highest BCUT2D eigenvalue weighted by Crippen LogP contribution is 2.13. The average Bonchev–Trinajstić information content (AvgIpc) is 2.73. The summed E-state index contributed by atoms with van der Waals surface area (Å²) >= 11 is 0. The lowest BCUT2D eigenvalue weighted by Crippen LogP contribution is -2.23. The van der Waals surface area contributed by atoms with E-state index < -0.39 is 0 Å². The van der Waals surface area contributed by atoms with Crippen LogP contribution in [0.4, 0.5) is 10.1 Å². The Morgan fingerprint density at radius 2 is 1.54 bits per heavy atom. The molecule has 3 aromatic rings. The zero-order valence-corrected chi connectivity index (χ0v) is 14.8. The molecule has 0 saturated heterocycles. The van der Waals surface area contributed by atoms with Crippen molar-refractivity contribution in [3.05, 3.63) is 101 Å². The van der Waals surface area contributed by atoms with Crippen LogP contribution in [-0.2, 0) is 6.54 Å². The molecule has 0 fully saturated rings. The Bertz CT molecular complexity index is 1040. The Morgan fingerprint density at radius 1 is 0.893 bits per heavy atom. The first-order chi connectivity index (χ1) is 13.5. The third-order valence-electron chi connectivity index (χ3n) is 4.03. The minimum atomic E-state index is -0.339. The molecule has 138 valence electrons. The van der Waals surface area contributed by atoms with Gasteiger partial charge in [-0.05, 0) is 60.2 Å². The van der Waals surface area contributed by atoms with Crippen LogP contribution >= 0.6 is 0 Å². The van der Waals surface area contributed by atoms with E-state index in [9.17, 15) is 14.0 Å². The van der Waals surface area contributed by atoms with Crippen LogP contribution in [0.5, 0.6) is 0 Å². The molecule has 0 aliphatic heterocycles. The van der Waals surface area contributed by atoms with E-state index in [0.717, 1.165) is 5.56 Å². The molecule has 0 aliphatic carbocycles. The van der Waals surface area contributed by atoms with Crippen molar-refractivity contribution in [2.45, 2.75) is 6.54 Å². The molecule has 0 bridgehead atoms. The number of anilines is 1. The number of hydrogen-bond donors (Lipinski definition) is 2. The van der Waals surface area contributed by atoms with Crippen molar-refractivity contribution >= 4 is 17.5 Å². The van der Waals surface area contributed by atoms with Gasteiger partial charge in [-0.3, -0.25) is 9.59 Å². The molecular weight excluding hydrogens is 357 g/mol. The second-order valence-corrected chi connectivity index (χ2v) is 6.03. The number of amides is 2. The third-order valence-corrected chi connectivity index (χ3v) is 4.03. The Labute approximate surface area is 161 Å². The van der Waals surface area contributed by atoms with Gasteiger partial charge in [-0.25, -0.2) is 4.39 Å². The first-order valence-corrected chi connectivity index (χ1v) is 8.49. The molecule has 0 spiro atoms. The fourth-order valence-electron chi connectivity index (χ4n) is 2.53. The normalized spacial score (nSPS) is 10.0. The van der Waals surface area contributed by atoms with Gasteiger partial charge in [0.15, 0.2) is 0 Å². The molecule has 6 heteroatoms. The molecule has 0 unspecified atom stereocenters. The average molecular weight is 373 g/mol. The van der Waals surface area contributed by atoms with E-state index in [1.54, 1.807) is 60.7 Å². The summed E-state index contributed by atoms with van der Waals surface area (Å²) in [5.41, 5.74) is 2.55. The fourth-order valence-corrected chi connectivity index (χ4v) is 2.53. The lowest BCUT2D eigenvalue weighted by atomic mass is 10.1. The Hall–Kier alpha value is -3.98. The number of carbonyl (C=O) groups is 2. The molecule has 0 heterocycles. The van der Waals surface area contributed by atoms with Gasteiger partial charge in [0, 0.05) is 23.4 Å². The summed E-state index contributed by atoms with van der Waals surface area (Å²) in [6.07, 6.45) is 0. The molecule has 2 amide bonds. The van der Waals surface area contributed by atoms with Crippen molar-refractivity contribution in [1.29, 1.82) is 5.26 Å². The summed E-state index contributed by atoms with van der Waals surface area (Å²) in [5.74, 6) is -0.963. The molecule has 3 aromatic carbocycles. The van der Waals surface area contributed by atoms with Gasteiger partial charge in [-0.15, -0.1) is 0 Å². The van der Waals surface area contributed by atoms with Gasteiger partial charge in [0.2, 0.25) is 0 Å². The predicted molar refractivity (Wildman–Crippen MR) is 103 cm³/mol. The molecule has 5 nitrogen and oxygen atoms in total. The second-order valence-electron chi connectivity index (χ2n) is 6.03. The molecule has 28 heavy (non-hydrogen) atoms. The first-order valence-electron chi connectivity index (χ1n) is 8.49. The van der Waals surface area contributed by atoms with E-state index in [2.05, 4.69) is 10.6 Å². The van der Waals surface area contributed by atoms with Crippen molar-refractivity contribution in [3.8, 4) is 6.07 Å². The van der Waals surface area contributed by atoms with Crippen molar-refractivity contribution < 1.29 is 14.0 Å². The number of benzene rings is 3. The number of nitriles is 1. The number of carbonyl (C=O) groups excluding carboxylic acids is 2. The second kappa shape index (κ2) is 8.60. The van der Waals surface area contributed by atoms with Crippen molar-refractivity contribution in [3.63, 3.8) is 0 Å². The van der Waals surface area contributed by atoms with E-state index >= 15 is 0 Å². The van der Waals surface area contributed by atoms with E-state index in [-0.39, 0.29) is 24.2 Å². The van der Waals surface area contributed by atoms with Gasteiger partial charge < -0.3 is 10.6 Å². The number of nitrogens with one attached hydrogen (secondary N) is 2. The lowest BCUT2D eigenvalue weighted by molar-refractivity contribution is 0.0949. The molecule has 0 aliphatic rings. The van der Waals surface area contributed by atoms with Crippen LogP contribution in [0.3, 0.4) is 0 Å². The summed E-state index contributed by atoms with van der Waals surface area (Å²) in [5, 5.41) is 14.4. The number of nitrogens with zero attached hydrogens (tertiary/aromatic N) is 1. The van der Waals surface area contributed by atoms with Crippen LogP contribution in [0.15, 0.2) is 72.8 Å². The molecule has 3 rings (SSSR count). The largest absolute Gasteiger partial charge is 0.348 e. The monoisotopic (exact) mass is 373 g/mol. The van der Waals surface area contributed by atoms with Crippen LogP contribution in [0.25, 0.3) is 0 Å². The number of rotatable bonds is 5. The third kappa shape index (κ3) is 4.80. The van der Waals surface area contributed by atoms with Crippen LogP contribution in [-0.4, -0.2) is 11.8 Å². The first kappa shape index (κ1) is 18.8. The lowest BCUT2D eigenvalue weighted by Gasteiger charge is -2.08. The minimum absolute atomic E-state index is 0.274. The summed E-state index contributed by atoms with van der Waals surface area (Å²) in [7, 11) is 0. The van der Waals surface area contributed by atoms with Crippen molar-refractivity contribution in [2.75, 3.05) is 5.32 Å². The Balaban J connectivity index is 1.60. The number of hydrogen-bond acceptors (Lipinski definition) is 3. The molecule has 0 aromatic heterocycles. The molecule has 0 atom stereocenters. The van der Waals surface area contributed by atoms with Gasteiger partial charge in [-0.1, -0.05) is 18.2 Å². The van der Waals surface area contributed by atoms with Crippen LogP contribution in [0.2, 0.25) is 0 Å². The van der Waals surface area contributed by atoms with Gasteiger partial charge in [0.05, 0.1) is 11.6 Å². The summed E-state index contributed by atoms with van der Waals surface area (Å²) < 4.78 is 12.9. The minimum Gasteiger partial charge on any atom is -0.348 e. The zero-order chi connectivity index (χ0) is 19.9. The smallest absolute Gasteiger partial charge is 0.255 e. The Kier molecular flexibility index (Phi) is 5.78. The highest BCUT2D eigenvalue weighted by molar-refractivity contribution is 6.05. The zero-order valence-electron chi connectivity index (χ0n) is 14.8. The van der Waals surface area contributed by atoms with E-state index in [0.29, 0.717) is 22.4 Å². The predicted octanol–water partition coefficient (Wildman–Crippen LogP) is 3.88. The van der Waals surface area contributed by atoms with Crippen LogP contribution in [0.1, 0.15) is 31.8 Å². The molecule has 0 saturated carbocycles. The molecule has 0 radical (unpaired) electrons. The summed E-state index contributed by atoms with van der Waals surface area (Å²) in [6.45, 7) is 0.274. The quantitative estimate of drug-likeness (QED) is 0.712. The van der Waals surface area contributed by atoms with Gasteiger partial charge in [0.25, 0.3) is 11.8 Å². The molecule has 2 N–H and O–H groups in total. The van der Waals surface area contributed by atoms with Crippen molar-refractivity contribution in [1.82, 2.24) is 5.32 Å². The van der Waals surface area contributed by atoms with Crippen LogP contribution in [0, 0.1) is 17.1 Å². The maximum absolute atomic E-state index is 12.9. The highest BCUT2D eigenvalue weighted by atomic mass is 19.1. The maximum atomic E-state index is 12.9. The highest BCUT2D eigenvalue weighted by Gasteiger charge is 2.10. The SMILES string of the molecule is N#Cc1cccc(NC(=O)c2ccc(C(=O)NCc3ccc(F)cc3)cc2)c1. The summed E-state index contributed by atoms with van der Waals surface area (Å²) in [6, 6.07) is 20.7. The summed E-state index contributed by atoms with van der Waals surface area (Å²) in [4.78, 5) is 24.5. The maximum Gasteiger partial charge on any atom is 0.255 e. The van der Waals surface area contributed by atoms with E-state index in [1.165, 1.54) is 12.1 Å². The van der Waals surface area contributed by atoms with Gasteiger partial charge >= 0.3 is 0 Å².